The maximum atomic E-state index is 12.4. The van der Waals surface area contributed by atoms with Crippen molar-refractivity contribution >= 4 is 17.6 Å². The predicted molar refractivity (Wildman–Crippen MR) is 95.7 cm³/mol. The zero-order valence-corrected chi connectivity index (χ0v) is 15.2. The first-order valence-electron chi connectivity index (χ1n) is 8.63. The predicted octanol–water partition coefficient (Wildman–Crippen LogP) is 4.82. The normalized spacial score (nSPS) is 17.4. The fourth-order valence-corrected chi connectivity index (χ4v) is 3.62. The van der Waals surface area contributed by atoms with E-state index in [1.54, 1.807) is 12.1 Å². The molecule has 1 aliphatic heterocycles. The van der Waals surface area contributed by atoms with Crippen LogP contribution in [-0.4, -0.2) is 16.6 Å². The molecule has 2 aromatic rings. The van der Waals surface area contributed by atoms with Crippen molar-refractivity contribution in [3.63, 3.8) is 0 Å². The van der Waals surface area contributed by atoms with Gasteiger partial charge in [0.1, 0.15) is 17.1 Å². The standard InChI is InChI=1S/C20H20ClNO3/c1-12-8-15(11-22-13(12)2)19(23)24-18-9-14-4-7-20(5-3-6-20)25-17(14)10-16(18)21/h8-11H,3-7H2,1-2H3. The third kappa shape index (κ3) is 2.99. The number of esters is 1. The van der Waals surface area contributed by atoms with Crippen molar-refractivity contribution in [1.82, 2.24) is 4.98 Å². The molecule has 2 aliphatic rings. The number of hydrogen-bond donors (Lipinski definition) is 0. The number of rotatable bonds is 2. The molecule has 0 N–H and O–H groups in total. The van der Waals surface area contributed by atoms with E-state index in [-0.39, 0.29) is 5.60 Å². The van der Waals surface area contributed by atoms with E-state index in [2.05, 4.69) is 4.98 Å². The number of halogens is 1. The van der Waals surface area contributed by atoms with Gasteiger partial charge in [-0.1, -0.05) is 11.6 Å². The number of aryl methyl sites for hydroxylation is 3. The van der Waals surface area contributed by atoms with E-state index in [1.165, 1.54) is 12.6 Å². The lowest BCUT2D eigenvalue weighted by Crippen LogP contribution is -2.45. The average molecular weight is 358 g/mol. The molecule has 4 nitrogen and oxygen atoms in total. The minimum Gasteiger partial charge on any atom is -0.487 e. The van der Waals surface area contributed by atoms with Crippen molar-refractivity contribution in [1.29, 1.82) is 0 Å². The number of pyridine rings is 1. The van der Waals surface area contributed by atoms with E-state index in [0.717, 1.165) is 48.3 Å². The van der Waals surface area contributed by atoms with Crippen LogP contribution in [0.3, 0.4) is 0 Å². The molecule has 0 saturated heterocycles. The van der Waals surface area contributed by atoms with Crippen LogP contribution in [0.5, 0.6) is 11.5 Å². The molecule has 1 spiro atoms. The molecule has 0 amide bonds. The fourth-order valence-electron chi connectivity index (χ4n) is 3.43. The first-order chi connectivity index (χ1) is 12.0. The lowest BCUT2D eigenvalue weighted by Gasteiger charge is -2.45. The highest BCUT2D eigenvalue weighted by atomic mass is 35.5. The highest BCUT2D eigenvalue weighted by Gasteiger charge is 2.42. The third-order valence-electron chi connectivity index (χ3n) is 5.33. The van der Waals surface area contributed by atoms with Gasteiger partial charge in [0.15, 0.2) is 0 Å². The van der Waals surface area contributed by atoms with E-state index >= 15 is 0 Å². The third-order valence-corrected chi connectivity index (χ3v) is 5.63. The van der Waals surface area contributed by atoms with Crippen LogP contribution in [0, 0.1) is 13.8 Å². The van der Waals surface area contributed by atoms with Crippen molar-refractivity contribution in [2.24, 2.45) is 0 Å². The molecule has 1 aromatic carbocycles. The van der Waals surface area contributed by atoms with Crippen LogP contribution in [0.4, 0.5) is 0 Å². The Labute approximate surface area is 152 Å². The highest BCUT2D eigenvalue weighted by Crippen LogP contribution is 2.47. The second-order valence-electron chi connectivity index (χ2n) is 7.04. The molecule has 4 rings (SSSR count). The SMILES string of the molecule is Cc1cc(C(=O)Oc2cc3c(cc2Cl)OC2(CCC2)CC3)cnc1C. The Kier molecular flexibility index (Phi) is 3.95. The van der Waals surface area contributed by atoms with Crippen LogP contribution in [-0.2, 0) is 6.42 Å². The number of carbonyl (C=O) groups is 1. The molecular formula is C20H20ClNO3. The molecule has 1 fully saturated rings. The summed E-state index contributed by atoms with van der Waals surface area (Å²) in [5.41, 5.74) is 3.32. The summed E-state index contributed by atoms with van der Waals surface area (Å²) in [6.07, 6.45) is 6.91. The van der Waals surface area contributed by atoms with Crippen molar-refractivity contribution in [2.75, 3.05) is 0 Å². The Hall–Kier alpha value is -2.07. The number of carbonyl (C=O) groups excluding carboxylic acids is 1. The fraction of sp³-hybridized carbons (Fsp3) is 0.400. The van der Waals surface area contributed by atoms with Crippen molar-refractivity contribution < 1.29 is 14.3 Å². The average Bonchev–Trinajstić information content (AvgIpc) is 2.56. The van der Waals surface area contributed by atoms with E-state index in [4.69, 9.17) is 21.1 Å². The summed E-state index contributed by atoms with van der Waals surface area (Å²) in [5, 5.41) is 0.389. The smallest absolute Gasteiger partial charge is 0.345 e. The minimum absolute atomic E-state index is 0.0135. The first kappa shape index (κ1) is 16.4. The van der Waals surface area contributed by atoms with Gasteiger partial charge >= 0.3 is 5.97 Å². The molecule has 1 aliphatic carbocycles. The van der Waals surface area contributed by atoms with Gasteiger partial charge < -0.3 is 9.47 Å². The van der Waals surface area contributed by atoms with E-state index in [0.29, 0.717) is 16.3 Å². The Morgan fingerprint density at radius 1 is 1.24 bits per heavy atom. The van der Waals surface area contributed by atoms with E-state index < -0.39 is 5.97 Å². The maximum absolute atomic E-state index is 12.4. The second-order valence-corrected chi connectivity index (χ2v) is 7.45. The second kappa shape index (κ2) is 6.03. The zero-order valence-electron chi connectivity index (χ0n) is 14.4. The van der Waals surface area contributed by atoms with Gasteiger partial charge in [0, 0.05) is 18.0 Å². The maximum Gasteiger partial charge on any atom is 0.345 e. The number of nitrogens with zero attached hydrogens (tertiary/aromatic N) is 1. The summed E-state index contributed by atoms with van der Waals surface area (Å²) in [6, 6.07) is 5.38. The van der Waals surface area contributed by atoms with E-state index in [9.17, 15) is 4.79 Å². The summed E-state index contributed by atoms with van der Waals surface area (Å²) < 4.78 is 11.7. The van der Waals surface area contributed by atoms with Gasteiger partial charge in [-0.3, -0.25) is 4.98 Å². The van der Waals surface area contributed by atoms with Crippen LogP contribution >= 0.6 is 11.6 Å². The van der Waals surface area contributed by atoms with E-state index in [1.807, 2.05) is 19.9 Å². The molecule has 5 heteroatoms. The number of fused-ring (bicyclic) bond motifs is 1. The number of ether oxygens (including phenoxy) is 2. The lowest BCUT2D eigenvalue weighted by molar-refractivity contribution is -0.0250. The molecular weight excluding hydrogens is 338 g/mol. The monoisotopic (exact) mass is 357 g/mol. The highest BCUT2D eigenvalue weighted by molar-refractivity contribution is 6.32. The van der Waals surface area contributed by atoms with Crippen LogP contribution in [0.2, 0.25) is 5.02 Å². The molecule has 2 heterocycles. The zero-order chi connectivity index (χ0) is 17.6. The Balaban J connectivity index is 1.57. The van der Waals surface area contributed by atoms with Gasteiger partial charge in [-0.15, -0.1) is 0 Å². The summed E-state index contributed by atoms with van der Waals surface area (Å²) in [7, 11) is 0. The van der Waals surface area contributed by atoms with Crippen molar-refractivity contribution in [3.8, 4) is 11.5 Å². The van der Waals surface area contributed by atoms with Crippen LogP contribution in [0.15, 0.2) is 24.4 Å². The molecule has 1 aromatic heterocycles. The van der Waals surface area contributed by atoms with Crippen LogP contribution < -0.4 is 9.47 Å². The number of hydrogen-bond acceptors (Lipinski definition) is 4. The molecule has 0 bridgehead atoms. The van der Waals surface area contributed by atoms with Crippen molar-refractivity contribution in [3.05, 3.63) is 51.8 Å². The largest absolute Gasteiger partial charge is 0.487 e. The summed E-state index contributed by atoms with van der Waals surface area (Å²) in [6.45, 7) is 3.82. The topological polar surface area (TPSA) is 48.4 Å². The summed E-state index contributed by atoms with van der Waals surface area (Å²) in [4.78, 5) is 16.6. The lowest BCUT2D eigenvalue weighted by atomic mass is 9.74. The molecule has 0 radical (unpaired) electrons. The Morgan fingerprint density at radius 2 is 2.04 bits per heavy atom. The van der Waals surface area contributed by atoms with Crippen molar-refractivity contribution in [2.45, 2.75) is 51.6 Å². The molecule has 0 unspecified atom stereocenters. The molecule has 25 heavy (non-hydrogen) atoms. The van der Waals surface area contributed by atoms with Gasteiger partial charge in [0.25, 0.3) is 0 Å². The van der Waals surface area contributed by atoms with Crippen LogP contribution in [0.1, 0.15) is 52.9 Å². The Morgan fingerprint density at radius 3 is 2.72 bits per heavy atom. The molecule has 1 saturated carbocycles. The minimum atomic E-state index is -0.454. The molecule has 0 atom stereocenters. The number of benzene rings is 1. The summed E-state index contributed by atoms with van der Waals surface area (Å²) >= 11 is 6.33. The quantitative estimate of drug-likeness (QED) is 0.571. The van der Waals surface area contributed by atoms with Gasteiger partial charge in [0.2, 0.25) is 0 Å². The Bertz CT molecular complexity index is 858. The van der Waals surface area contributed by atoms with Crippen LogP contribution in [0.25, 0.3) is 0 Å². The summed E-state index contributed by atoms with van der Waals surface area (Å²) in [5.74, 6) is 0.741. The first-order valence-corrected chi connectivity index (χ1v) is 9.00. The van der Waals surface area contributed by atoms with Gasteiger partial charge in [0.05, 0.1) is 10.6 Å². The number of aromatic nitrogens is 1. The molecule has 130 valence electrons. The van der Waals surface area contributed by atoms with Gasteiger partial charge in [-0.2, -0.15) is 0 Å². The van der Waals surface area contributed by atoms with Gasteiger partial charge in [-0.25, -0.2) is 4.79 Å². The van der Waals surface area contributed by atoms with Gasteiger partial charge in [-0.05, 0) is 69.2 Å².